The number of hydrogen-bond donors (Lipinski definition) is 2. The van der Waals surface area contributed by atoms with E-state index in [1.165, 1.54) is 34.5 Å². The number of allylic oxidation sites excluding steroid dienone is 1. The Morgan fingerprint density at radius 2 is 2.03 bits per heavy atom. The highest BCUT2D eigenvalue weighted by atomic mass is 32.1. The van der Waals surface area contributed by atoms with E-state index in [4.69, 9.17) is 15.5 Å². The number of nitrogens with two attached hydrogens (primary N) is 1. The summed E-state index contributed by atoms with van der Waals surface area (Å²) in [6.07, 6.45) is 8.66. The van der Waals surface area contributed by atoms with Crippen molar-refractivity contribution < 1.29 is 14.6 Å². The summed E-state index contributed by atoms with van der Waals surface area (Å²) in [5.74, 6) is 1.80. The van der Waals surface area contributed by atoms with Crippen LogP contribution in [0.4, 0.5) is 5.69 Å². The third-order valence-corrected chi connectivity index (χ3v) is 11.5. The maximum Gasteiger partial charge on any atom is 0.350 e. The monoisotopic (exact) mass is 494 g/mol. The zero-order chi connectivity index (χ0) is 24.9. The fraction of sp³-hybridized carbons (Fsp3) is 0.655. The number of pyridine rings is 1. The topological polar surface area (TPSA) is 85.4 Å². The Morgan fingerprint density at radius 1 is 1.29 bits per heavy atom. The van der Waals surface area contributed by atoms with Crippen LogP contribution in [-0.4, -0.2) is 28.8 Å². The Bertz CT molecular complexity index is 1260. The minimum Gasteiger partial charge on any atom is -0.462 e. The number of esters is 1. The van der Waals surface area contributed by atoms with Crippen LogP contribution in [0.5, 0.6) is 0 Å². The first kappa shape index (κ1) is 23.5. The zero-order valence-corrected chi connectivity index (χ0v) is 22.4. The highest BCUT2D eigenvalue weighted by molar-refractivity contribution is 7.21. The lowest BCUT2D eigenvalue weighted by molar-refractivity contribution is -0.0227. The molecule has 0 bridgehead atoms. The van der Waals surface area contributed by atoms with Crippen molar-refractivity contribution in [1.29, 1.82) is 0 Å². The molecule has 0 aliphatic heterocycles. The van der Waals surface area contributed by atoms with Crippen molar-refractivity contribution in [1.82, 2.24) is 4.98 Å². The number of thiophene rings is 1. The summed E-state index contributed by atoms with van der Waals surface area (Å²) < 4.78 is 5.31. The number of nitrogens with zero attached hydrogens (tertiary/aromatic N) is 1. The van der Waals surface area contributed by atoms with Crippen LogP contribution in [0.25, 0.3) is 10.2 Å². The van der Waals surface area contributed by atoms with Crippen molar-refractivity contribution in [2.45, 2.75) is 90.6 Å². The molecule has 4 aliphatic carbocycles. The molecular weight excluding hydrogens is 456 g/mol. The van der Waals surface area contributed by atoms with Gasteiger partial charge >= 0.3 is 5.97 Å². The van der Waals surface area contributed by atoms with E-state index in [-0.39, 0.29) is 22.9 Å². The molecule has 0 unspecified atom stereocenters. The molecule has 188 valence electrons. The second kappa shape index (κ2) is 7.79. The molecule has 6 rings (SSSR count). The molecule has 4 aliphatic rings. The predicted octanol–water partition coefficient (Wildman–Crippen LogP) is 6.26. The average molecular weight is 495 g/mol. The lowest BCUT2D eigenvalue weighted by atomic mass is 9.47. The third kappa shape index (κ3) is 3.02. The van der Waals surface area contributed by atoms with E-state index in [0.29, 0.717) is 40.8 Å². The van der Waals surface area contributed by atoms with Crippen molar-refractivity contribution in [3.05, 3.63) is 33.3 Å². The molecule has 6 heteroatoms. The summed E-state index contributed by atoms with van der Waals surface area (Å²) >= 11 is 1.38. The molecule has 2 fully saturated rings. The van der Waals surface area contributed by atoms with E-state index in [9.17, 15) is 9.90 Å². The van der Waals surface area contributed by atoms with Crippen LogP contribution >= 0.6 is 11.3 Å². The average Bonchev–Trinajstić information content (AvgIpc) is 3.26. The quantitative estimate of drug-likeness (QED) is 0.380. The number of aromatic nitrogens is 1. The lowest BCUT2D eigenvalue weighted by Gasteiger charge is -2.58. The van der Waals surface area contributed by atoms with Gasteiger partial charge in [0.25, 0.3) is 0 Å². The number of fused-ring (bicyclic) bond motifs is 9. The normalized spacial score (nSPS) is 37.8. The van der Waals surface area contributed by atoms with Crippen molar-refractivity contribution >= 4 is 33.2 Å². The predicted molar refractivity (Wildman–Crippen MR) is 141 cm³/mol. The number of rotatable bonds is 2. The van der Waals surface area contributed by atoms with Gasteiger partial charge in [-0.3, -0.25) is 0 Å². The number of carbonyl (C=O) groups is 1. The van der Waals surface area contributed by atoms with Crippen molar-refractivity contribution in [3.8, 4) is 0 Å². The highest BCUT2D eigenvalue weighted by Crippen LogP contribution is 2.68. The number of ether oxygens (including phenoxy) is 1. The van der Waals surface area contributed by atoms with E-state index in [1.54, 1.807) is 0 Å². The largest absolute Gasteiger partial charge is 0.462 e. The van der Waals surface area contributed by atoms with Crippen LogP contribution < -0.4 is 5.73 Å². The van der Waals surface area contributed by atoms with Gasteiger partial charge in [0.2, 0.25) is 0 Å². The molecular formula is C29H38N2O3S. The van der Waals surface area contributed by atoms with Gasteiger partial charge in [0.15, 0.2) is 0 Å². The summed E-state index contributed by atoms with van der Waals surface area (Å²) in [5, 5.41) is 11.3. The maximum absolute atomic E-state index is 12.7. The van der Waals surface area contributed by atoms with Gasteiger partial charge in [-0.25, -0.2) is 9.78 Å². The summed E-state index contributed by atoms with van der Waals surface area (Å²) in [6.45, 7) is 11.6. The first-order valence-corrected chi connectivity index (χ1v) is 14.2. The maximum atomic E-state index is 12.7. The summed E-state index contributed by atoms with van der Waals surface area (Å²) in [6, 6.07) is 0. The zero-order valence-electron chi connectivity index (χ0n) is 21.6. The summed E-state index contributed by atoms with van der Waals surface area (Å²) in [5.41, 5.74) is 12.8. The Morgan fingerprint density at radius 3 is 2.77 bits per heavy atom. The summed E-state index contributed by atoms with van der Waals surface area (Å²) in [4.78, 5) is 19.0. The summed E-state index contributed by atoms with van der Waals surface area (Å²) in [7, 11) is 0. The molecule has 0 spiro atoms. The second-order valence-corrected chi connectivity index (χ2v) is 13.1. The fourth-order valence-electron chi connectivity index (χ4n) is 9.11. The van der Waals surface area contributed by atoms with Crippen LogP contribution in [0.3, 0.4) is 0 Å². The van der Waals surface area contributed by atoms with Gasteiger partial charge in [-0.15, -0.1) is 11.3 Å². The molecule has 2 aromatic heterocycles. The van der Waals surface area contributed by atoms with Crippen molar-refractivity contribution in [3.63, 3.8) is 0 Å². The van der Waals surface area contributed by atoms with Crippen molar-refractivity contribution in [2.24, 2.45) is 23.2 Å². The molecule has 2 saturated carbocycles. The molecule has 3 N–H and O–H groups in total. The molecule has 7 atom stereocenters. The van der Waals surface area contributed by atoms with Gasteiger partial charge in [-0.1, -0.05) is 32.4 Å². The van der Waals surface area contributed by atoms with Crippen LogP contribution in [0.1, 0.15) is 98.6 Å². The highest BCUT2D eigenvalue weighted by Gasteiger charge is 2.60. The van der Waals surface area contributed by atoms with Crippen molar-refractivity contribution in [2.75, 3.05) is 12.3 Å². The van der Waals surface area contributed by atoms with E-state index in [0.717, 1.165) is 48.0 Å². The molecule has 0 aromatic carbocycles. The molecule has 0 saturated heterocycles. The van der Waals surface area contributed by atoms with Gasteiger partial charge in [-0.2, -0.15) is 0 Å². The number of carbonyl (C=O) groups excluding carboxylic acids is 1. The Kier molecular flexibility index (Phi) is 5.22. The first-order chi connectivity index (χ1) is 16.6. The molecule has 0 radical (unpaired) electrons. The number of anilines is 1. The van der Waals surface area contributed by atoms with E-state index in [2.05, 4.69) is 33.8 Å². The molecule has 35 heavy (non-hydrogen) atoms. The van der Waals surface area contributed by atoms with Crippen LogP contribution in [0, 0.1) is 30.1 Å². The van der Waals surface area contributed by atoms with Crippen LogP contribution in [0.15, 0.2) is 11.6 Å². The molecule has 0 amide bonds. The first-order valence-electron chi connectivity index (χ1n) is 13.4. The number of aliphatic hydroxyl groups excluding tert-OH is 1. The molecule has 5 nitrogen and oxygen atoms in total. The van der Waals surface area contributed by atoms with Crippen LogP contribution in [-0.2, 0) is 10.2 Å². The smallest absolute Gasteiger partial charge is 0.350 e. The minimum absolute atomic E-state index is 0.0650. The lowest BCUT2D eigenvalue weighted by Crippen LogP contribution is -2.51. The van der Waals surface area contributed by atoms with E-state index < -0.39 is 0 Å². The van der Waals surface area contributed by atoms with Gasteiger partial charge in [0.1, 0.15) is 9.71 Å². The Balaban J connectivity index is 1.49. The number of hydrogen-bond acceptors (Lipinski definition) is 6. The standard InChI is InChI=1S/C29H38N2O3S/c1-6-34-27(33)25-24(30)21-20-14(2)22-18-8-7-16-13-17(32)9-11-28(16,4)19(18)10-12-29(22,5)23(20)15(3)31-26(21)35-25/h7,14,17-19,22,32H,6,8-13,30H2,1-5H3/t14-,17+,18+,19+,22+,28-,29+/m0/s1. The van der Waals surface area contributed by atoms with Gasteiger partial charge in [0, 0.05) is 11.1 Å². The number of nitrogen functional groups attached to an aromatic ring is 1. The van der Waals surface area contributed by atoms with Gasteiger partial charge < -0.3 is 15.6 Å². The fourth-order valence-corrected chi connectivity index (χ4v) is 10.2. The number of aliphatic hydroxyl groups is 1. The molecule has 2 heterocycles. The third-order valence-electron chi connectivity index (χ3n) is 10.5. The van der Waals surface area contributed by atoms with E-state index in [1.807, 2.05) is 6.92 Å². The SMILES string of the molecule is CCOC(=O)c1sc2nc(C)c3c(c2c1N)[C@H](C)[C@@H]1[C@@H]2CC=C4C[C@H](O)CC[C@]4(C)[C@@H]2CC[C@@]31C. The van der Waals surface area contributed by atoms with Gasteiger partial charge in [0.05, 0.1) is 18.4 Å². The second-order valence-electron chi connectivity index (χ2n) is 12.1. The minimum atomic E-state index is -0.342. The Labute approximate surface area is 212 Å². The Hall–Kier alpha value is -1.92. The van der Waals surface area contributed by atoms with Gasteiger partial charge in [-0.05, 0) is 98.0 Å². The van der Waals surface area contributed by atoms with Crippen LogP contribution in [0.2, 0.25) is 0 Å². The van der Waals surface area contributed by atoms with E-state index >= 15 is 0 Å². The molecule has 2 aromatic rings. The number of aryl methyl sites for hydroxylation is 1.